The Morgan fingerprint density at radius 1 is 1.69 bits per heavy atom. The van der Waals surface area contributed by atoms with E-state index in [-0.39, 0.29) is 5.91 Å². The van der Waals surface area contributed by atoms with E-state index in [4.69, 9.17) is 0 Å². The number of carbonyl (C=O) groups excluding carboxylic acids is 1. The Kier molecular flexibility index (Phi) is 2.99. The molecule has 2 rings (SSSR count). The van der Waals surface area contributed by atoms with Crippen molar-refractivity contribution in [2.75, 3.05) is 13.1 Å². The fourth-order valence-corrected chi connectivity index (χ4v) is 2.81. The van der Waals surface area contributed by atoms with Crippen molar-refractivity contribution in [2.45, 2.75) is 32.3 Å². The van der Waals surface area contributed by atoms with E-state index in [0.717, 1.165) is 25.1 Å². The van der Waals surface area contributed by atoms with Crippen LogP contribution in [0.3, 0.4) is 0 Å². The van der Waals surface area contributed by atoms with Crippen molar-refractivity contribution in [3.05, 3.63) is 16.1 Å². The van der Waals surface area contributed by atoms with Gasteiger partial charge in [0.05, 0.1) is 16.8 Å². The molecule has 1 amide bonds. The van der Waals surface area contributed by atoms with E-state index in [9.17, 15) is 9.90 Å². The molecule has 1 aromatic rings. The maximum atomic E-state index is 12.2. The van der Waals surface area contributed by atoms with E-state index in [0.29, 0.717) is 11.4 Å². The molecular formula is C11H16N2O2S. The average molecular weight is 240 g/mol. The molecule has 1 fully saturated rings. The molecule has 1 aliphatic heterocycles. The van der Waals surface area contributed by atoms with Crippen molar-refractivity contribution in [3.8, 4) is 0 Å². The molecule has 0 aliphatic carbocycles. The summed E-state index contributed by atoms with van der Waals surface area (Å²) in [7, 11) is 0. The number of thiazole rings is 1. The third-order valence-electron chi connectivity index (χ3n) is 2.90. The minimum atomic E-state index is -0.744. The van der Waals surface area contributed by atoms with E-state index in [1.54, 1.807) is 17.3 Å². The van der Waals surface area contributed by atoms with Crippen LogP contribution >= 0.6 is 11.3 Å². The second-order valence-corrected chi connectivity index (χ2v) is 5.45. The van der Waals surface area contributed by atoms with Crippen LogP contribution in [0.15, 0.2) is 5.51 Å². The highest BCUT2D eigenvalue weighted by Gasteiger charge is 2.32. The molecule has 4 nitrogen and oxygen atoms in total. The number of hydrogen-bond acceptors (Lipinski definition) is 4. The Labute approximate surface area is 98.9 Å². The average Bonchev–Trinajstić information content (AvgIpc) is 2.62. The molecule has 2 heterocycles. The highest BCUT2D eigenvalue weighted by atomic mass is 32.1. The van der Waals surface area contributed by atoms with Crippen LogP contribution in [0.4, 0.5) is 0 Å². The predicted molar refractivity (Wildman–Crippen MR) is 62.6 cm³/mol. The second kappa shape index (κ2) is 4.14. The van der Waals surface area contributed by atoms with Gasteiger partial charge in [-0.05, 0) is 26.7 Å². The lowest BCUT2D eigenvalue weighted by atomic mass is 9.95. The molecule has 1 aliphatic rings. The van der Waals surface area contributed by atoms with Crippen molar-refractivity contribution >= 4 is 17.2 Å². The predicted octanol–water partition coefficient (Wildman–Crippen LogP) is 1.44. The molecule has 0 spiro atoms. The minimum Gasteiger partial charge on any atom is -0.388 e. The molecule has 0 aromatic carbocycles. The van der Waals surface area contributed by atoms with Gasteiger partial charge in [0.15, 0.2) is 0 Å². The molecule has 16 heavy (non-hydrogen) atoms. The van der Waals surface area contributed by atoms with Crippen LogP contribution < -0.4 is 0 Å². The smallest absolute Gasteiger partial charge is 0.265 e. The number of carbonyl (C=O) groups is 1. The fraction of sp³-hybridized carbons (Fsp3) is 0.636. The summed E-state index contributed by atoms with van der Waals surface area (Å²) in [5.41, 5.74) is 1.72. The number of rotatable bonds is 1. The van der Waals surface area contributed by atoms with Gasteiger partial charge in [-0.2, -0.15) is 0 Å². The second-order valence-electron chi connectivity index (χ2n) is 4.59. The molecule has 1 atom stereocenters. The lowest BCUT2D eigenvalue weighted by Crippen LogP contribution is -2.48. The van der Waals surface area contributed by atoms with Crippen LogP contribution in [0.25, 0.3) is 0 Å². The SMILES string of the molecule is Cc1ncsc1C(=O)N1CCCC(C)(O)C1. The number of aryl methyl sites for hydroxylation is 1. The Balaban J connectivity index is 2.14. The van der Waals surface area contributed by atoms with Crippen LogP contribution in [0, 0.1) is 6.92 Å². The lowest BCUT2D eigenvalue weighted by Gasteiger charge is -2.36. The van der Waals surface area contributed by atoms with Gasteiger partial charge in [0.25, 0.3) is 5.91 Å². The van der Waals surface area contributed by atoms with Crippen molar-refractivity contribution in [1.82, 2.24) is 9.88 Å². The summed E-state index contributed by atoms with van der Waals surface area (Å²) in [6, 6.07) is 0. The number of aliphatic hydroxyl groups is 1. The summed E-state index contributed by atoms with van der Waals surface area (Å²) >= 11 is 1.37. The highest BCUT2D eigenvalue weighted by Crippen LogP contribution is 2.23. The van der Waals surface area contributed by atoms with E-state index >= 15 is 0 Å². The summed E-state index contributed by atoms with van der Waals surface area (Å²) in [4.78, 5) is 18.7. The van der Waals surface area contributed by atoms with Gasteiger partial charge in [0.1, 0.15) is 4.88 Å². The third-order valence-corrected chi connectivity index (χ3v) is 3.82. The monoisotopic (exact) mass is 240 g/mol. The summed E-state index contributed by atoms with van der Waals surface area (Å²) in [6.45, 7) is 4.77. The van der Waals surface area contributed by atoms with E-state index in [2.05, 4.69) is 4.98 Å². The molecular weight excluding hydrogens is 224 g/mol. The van der Waals surface area contributed by atoms with Gasteiger partial charge in [0, 0.05) is 13.1 Å². The Morgan fingerprint density at radius 2 is 2.44 bits per heavy atom. The van der Waals surface area contributed by atoms with Crippen molar-refractivity contribution in [1.29, 1.82) is 0 Å². The first-order valence-electron chi connectivity index (χ1n) is 5.41. The van der Waals surface area contributed by atoms with E-state index < -0.39 is 5.60 Å². The molecule has 0 saturated carbocycles. The van der Waals surface area contributed by atoms with Gasteiger partial charge < -0.3 is 10.0 Å². The van der Waals surface area contributed by atoms with Crippen molar-refractivity contribution in [2.24, 2.45) is 0 Å². The summed E-state index contributed by atoms with van der Waals surface area (Å²) in [5.74, 6) is -0.0000231. The van der Waals surface area contributed by atoms with Crippen LogP contribution in [0.2, 0.25) is 0 Å². The summed E-state index contributed by atoms with van der Waals surface area (Å²) in [5, 5.41) is 9.95. The molecule has 0 bridgehead atoms. The molecule has 5 heteroatoms. The van der Waals surface area contributed by atoms with E-state index in [1.807, 2.05) is 6.92 Å². The number of amides is 1. The standard InChI is InChI=1S/C11H16N2O2S/c1-8-9(16-7-12-8)10(14)13-5-3-4-11(2,15)6-13/h7,15H,3-6H2,1-2H3. The number of likely N-dealkylation sites (tertiary alicyclic amines) is 1. The minimum absolute atomic E-state index is 0.0000231. The summed E-state index contributed by atoms with van der Waals surface area (Å²) in [6.07, 6.45) is 1.62. The van der Waals surface area contributed by atoms with Gasteiger partial charge in [-0.15, -0.1) is 11.3 Å². The molecule has 0 radical (unpaired) electrons. The zero-order chi connectivity index (χ0) is 11.8. The van der Waals surface area contributed by atoms with Gasteiger partial charge >= 0.3 is 0 Å². The van der Waals surface area contributed by atoms with Gasteiger partial charge in [-0.25, -0.2) is 4.98 Å². The number of aromatic nitrogens is 1. The van der Waals surface area contributed by atoms with Crippen LogP contribution in [0.5, 0.6) is 0 Å². The van der Waals surface area contributed by atoms with Gasteiger partial charge in [-0.3, -0.25) is 4.79 Å². The zero-order valence-electron chi connectivity index (χ0n) is 9.56. The first-order chi connectivity index (χ1) is 7.49. The van der Waals surface area contributed by atoms with Crippen LogP contribution in [0.1, 0.15) is 35.1 Å². The molecule has 1 saturated heterocycles. The highest BCUT2D eigenvalue weighted by molar-refractivity contribution is 7.11. The summed E-state index contributed by atoms with van der Waals surface area (Å²) < 4.78 is 0. The molecule has 88 valence electrons. The maximum absolute atomic E-state index is 12.2. The normalized spacial score (nSPS) is 25.8. The number of hydrogen-bond donors (Lipinski definition) is 1. The van der Waals surface area contributed by atoms with Crippen molar-refractivity contribution in [3.63, 3.8) is 0 Å². The topological polar surface area (TPSA) is 53.4 Å². The Bertz CT molecular complexity index is 400. The van der Waals surface area contributed by atoms with Crippen LogP contribution in [-0.2, 0) is 0 Å². The number of β-amino-alcohol motifs (C(OH)–C–C–N with tert-alkyl or cyclic N) is 1. The first kappa shape index (κ1) is 11.5. The van der Waals surface area contributed by atoms with E-state index in [1.165, 1.54) is 11.3 Å². The van der Waals surface area contributed by atoms with Crippen molar-refractivity contribution < 1.29 is 9.90 Å². The van der Waals surface area contributed by atoms with Crippen LogP contribution in [-0.4, -0.2) is 39.6 Å². The molecule has 1 N–H and O–H groups in total. The molecule has 1 unspecified atom stereocenters. The maximum Gasteiger partial charge on any atom is 0.265 e. The fourth-order valence-electron chi connectivity index (χ4n) is 2.04. The lowest BCUT2D eigenvalue weighted by molar-refractivity contribution is -0.0106. The van der Waals surface area contributed by atoms with Gasteiger partial charge in [0.2, 0.25) is 0 Å². The zero-order valence-corrected chi connectivity index (χ0v) is 10.4. The third kappa shape index (κ3) is 2.25. The Hall–Kier alpha value is -0.940. The largest absolute Gasteiger partial charge is 0.388 e. The number of piperidine rings is 1. The first-order valence-corrected chi connectivity index (χ1v) is 6.29. The van der Waals surface area contributed by atoms with Gasteiger partial charge in [-0.1, -0.05) is 0 Å². The molecule has 1 aromatic heterocycles. The Morgan fingerprint density at radius 3 is 3.00 bits per heavy atom. The quantitative estimate of drug-likeness (QED) is 0.808. The number of nitrogens with zero attached hydrogens (tertiary/aromatic N) is 2.